The molecule has 0 aromatic heterocycles. The first-order chi connectivity index (χ1) is 13.2. The number of hydrogen-bond acceptors (Lipinski definition) is 3. The molecule has 0 spiro atoms. The molecule has 0 radical (unpaired) electrons. The first kappa shape index (κ1) is 20.2. The lowest BCUT2D eigenvalue weighted by molar-refractivity contribution is -0.145. The maximum atomic E-state index is 12.7. The quantitative estimate of drug-likeness (QED) is 0.630. The van der Waals surface area contributed by atoms with Crippen LogP contribution in [0.5, 0.6) is 0 Å². The summed E-state index contributed by atoms with van der Waals surface area (Å²) >= 11 is 0. The van der Waals surface area contributed by atoms with E-state index in [0.29, 0.717) is 38.6 Å². The van der Waals surface area contributed by atoms with Gasteiger partial charge in [-0.05, 0) is 39.3 Å². The Labute approximate surface area is 167 Å². The van der Waals surface area contributed by atoms with Crippen LogP contribution in [0.25, 0.3) is 0 Å². The molecule has 0 unspecified atom stereocenters. The molecule has 1 N–H and O–H groups in total. The van der Waals surface area contributed by atoms with Gasteiger partial charge in [-0.25, -0.2) is 0 Å². The molecule has 2 amide bonds. The Kier molecular flexibility index (Phi) is 5.63. The summed E-state index contributed by atoms with van der Waals surface area (Å²) < 4.78 is 0. The molecule has 0 bridgehead atoms. The van der Waals surface area contributed by atoms with Crippen molar-refractivity contribution in [3.05, 3.63) is 29.8 Å². The molecule has 2 heterocycles. The van der Waals surface area contributed by atoms with Crippen molar-refractivity contribution in [2.75, 3.05) is 38.1 Å². The van der Waals surface area contributed by atoms with Crippen molar-refractivity contribution >= 4 is 23.5 Å². The standard InChI is InChI=1S/C21H31N5O2/c1-15(2)26-19(28)13-24(14-21(26,3)4)20(22-5)23-10-11-25-17-9-7-6-8-16(17)12-18(25)27/h6-9,15H,10-14H2,1-5H3,(H,22,23). The average molecular weight is 386 g/mol. The van der Waals surface area contributed by atoms with E-state index < -0.39 is 0 Å². The molecule has 1 saturated heterocycles. The van der Waals surface area contributed by atoms with Crippen molar-refractivity contribution in [3.63, 3.8) is 0 Å². The summed E-state index contributed by atoms with van der Waals surface area (Å²) in [6, 6.07) is 8.08. The highest BCUT2D eigenvalue weighted by Gasteiger charge is 2.40. The number of rotatable bonds is 4. The molecule has 2 aliphatic rings. The van der Waals surface area contributed by atoms with E-state index in [9.17, 15) is 9.59 Å². The maximum Gasteiger partial charge on any atom is 0.242 e. The zero-order valence-corrected chi connectivity index (χ0v) is 17.5. The third-order valence-electron chi connectivity index (χ3n) is 5.40. The van der Waals surface area contributed by atoms with Crippen LogP contribution in [-0.4, -0.2) is 72.4 Å². The fraction of sp³-hybridized carbons (Fsp3) is 0.571. The van der Waals surface area contributed by atoms with E-state index >= 15 is 0 Å². The van der Waals surface area contributed by atoms with Gasteiger partial charge in [-0.3, -0.25) is 14.6 Å². The Morgan fingerprint density at radius 3 is 2.57 bits per heavy atom. The predicted molar refractivity (Wildman–Crippen MR) is 111 cm³/mol. The fourth-order valence-electron chi connectivity index (χ4n) is 4.49. The van der Waals surface area contributed by atoms with Crippen molar-refractivity contribution in [2.24, 2.45) is 4.99 Å². The van der Waals surface area contributed by atoms with Gasteiger partial charge in [0.05, 0.1) is 18.5 Å². The lowest BCUT2D eigenvalue weighted by Crippen LogP contribution is -2.66. The van der Waals surface area contributed by atoms with E-state index in [1.54, 1.807) is 7.05 Å². The van der Waals surface area contributed by atoms with Gasteiger partial charge in [-0.1, -0.05) is 18.2 Å². The summed E-state index contributed by atoms with van der Waals surface area (Å²) in [6.07, 6.45) is 0.463. The van der Waals surface area contributed by atoms with Crippen molar-refractivity contribution in [2.45, 2.75) is 45.7 Å². The van der Waals surface area contributed by atoms with Crippen LogP contribution in [0.1, 0.15) is 33.3 Å². The smallest absolute Gasteiger partial charge is 0.242 e. The second kappa shape index (κ2) is 7.81. The van der Waals surface area contributed by atoms with Gasteiger partial charge in [0.2, 0.25) is 11.8 Å². The molecule has 1 aromatic rings. The Morgan fingerprint density at radius 1 is 1.21 bits per heavy atom. The Balaban J connectivity index is 1.62. The summed E-state index contributed by atoms with van der Waals surface area (Å²) in [5, 5.41) is 3.33. The highest BCUT2D eigenvalue weighted by atomic mass is 16.2. The SMILES string of the molecule is CN=C(NCCN1C(=O)Cc2ccccc21)N1CC(=O)N(C(C)C)C(C)(C)C1. The maximum absolute atomic E-state index is 12.7. The normalized spacial score (nSPS) is 19.5. The van der Waals surface area contributed by atoms with Crippen LogP contribution in [0.4, 0.5) is 5.69 Å². The third kappa shape index (κ3) is 3.84. The highest BCUT2D eigenvalue weighted by molar-refractivity contribution is 6.01. The Hall–Kier alpha value is -2.57. The average Bonchev–Trinajstić information content (AvgIpc) is 2.92. The number of nitrogens with zero attached hydrogens (tertiary/aromatic N) is 4. The molecule has 0 atom stereocenters. The number of benzene rings is 1. The largest absolute Gasteiger partial charge is 0.354 e. The van der Waals surface area contributed by atoms with Gasteiger partial charge in [0, 0.05) is 38.4 Å². The van der Waals surface area contributed by atoms with E-state index in [1.807, 2.05) is 52.8 Å². The van der Waals surface area contributed by atoms with E-state index in [4.69, 9.17) is 0 Å². The van der Waals surface area contributed by atoms with Crippen LogP contribution in [0.3, 0.4) is 0 Å². The van der Waals surface area contributed by atoms with Crippen molar-refractivity contribution < 1.29 is 9.59 Å². The third-order valence-corrected chi connectivity index (χ3v) is 5.40. The van der Waals surface area contributed by atoms with Gasteiger partial charge in [0.25, 0.3) is 0 Å². The number of para-hydroxylation sites is 1. The van der Waals surface area contributed by atoms with Gasteiger partial charge in [0.1, 0.15) is 0 Å². The number of piperazine rings is 1. The van der Waals surface area contributed by atoms with Crippen LogP contribution >= 0.6 is 0 Å². The predicted octanol–water partition coefficient (Wildman–Crippen LogP) is 1.48. The first-order valence-electron chi connectivity index (χ1n) is 9.90. The topological polar surface area (TPSA) is 68.2 Å². The zero-order valence-electron chi connectivity index (χ0n) is 17.5. The molecule has 152 valence electrons. The molecule has 7 heteroatoms. The lowest BCUT2D eigenvalue weighted by atomic mass is 9.96. The highest BCUT2D eigenvalue weighted by Crippen LogP contribution is 2.28. The minimum absolute atomic E-state index is 0.109. The van der Waals surface area contributed by atoms with Crippen molar-refractivity contribution in [1.29, 1.82) is 0 Å². The van der Waals surface area contributed by atoms with Gasteiger partial charge in [-0.2, -0.15) is 0 Å². The molecule has 28 heavy (non-hydrogen) atoms. The van der Waals surface area contributed by atoms with E-state index in [0.717, 1.165) is 11.3 Å². The van der Waals surface area contributed by atoms with Crippen LogP contribution in [-0.2, 0) is 16.0 Å². The fourth-order valence-corrected chi connectivity index (χ4v) is 4.49. The molecule has 3 rings (SSSR count). The molecule has 1 fully saturated rings. The lowest BCUT2D eigenvalue weighted by Gasteiger charge is -2.49. The van der Waals surface area contributed by atoms with Gasteiger partial charge in [-0.15, -0.1) is 0 Å². The summed E-state index contributed by atoms with van der Waals surface area (Å²) in [4.78, 5) is 35.2. The minimum atomic E-state index is -0.273. The summed E-state index contributed by atoms with van der Waals surface area (Å²) in [6.45, 7) is 10.4. The number of guanidine groups is 1. The minimum Gasteiger partial charge on any atom is -0.354 e. The monoisotopic (exact) mass is 385 g/mol. The molecule has 7 nitrogen and oxygen atoms in total. The zero-order chi connectivity index (χ0) is 20.5. The number of amides is 2. The van der Waals surface area contributed by atoms with E-state index in [2.05, 4.69) is 24.2 Å². The Bertz CT molecular complexity index is 787. The molecule has 0 aliphatic carbocycles. The van der Waals surface area contributed by atoms with Crippen LogP contribution in [0.2, 0.25) is 0 Å². The molecule has 1 aromatic carbocycles. The van der Waals surface area contributed by atoms with Gasteiger partial charge >= 0.3 is 0 Å². The summed E-state index contributed by atoms with van der Waals surface area (Å²) in [5.41, 5.74) is 1.80. The van der Waals surface area contributed by atoms with E-state index in [-0.39, 0.29) is 23.4 Å². The number of carbonyl (C=O) groups excluding carboxylic acids is 2. The summed E-state index contributed by atoms with van der Waals surface area (Å²) in [5.74, 6) is 0.933. The molecular formula is C21H31N5O2. The van der Waals surface area contributed by atoms with Gasteiger partial charge < -0.3 is 20.0 Å². The molecule has 0 saturated carbocycles. The molecular weight excluding hydrogens is 354 g/mol. The van der Waals surface area contributed by atoms with Crippen LogP contribution in [0, 0.1) is 0 Å². The number of anilines is 1. The van der Waals surface area contributed by atoms with Crippen LogP contribution < -0.4 is 10.2 Å². The van der Waals surface area contributed by atoms with E-state index in [1.165, 1.54) is 0 Å². The first-order valence-corrected chi connectivity index (χ1v) is 9.90. The number of aliphatic imine (C=N–C) groups is 1. The number of hydrogen-bond donors (Lipinski definition) is 1. The van der Waals surface area contributed by atoms with Crippen molar-refractivity contribution in [3.8, 4) is 0 Å². The van der Waals surface area contributed by atoms with Crippen molar-refractivity contribution in [1.82, 2.24) is 15.1 Å². The summed E-state index contributed by atoms with van der Waals surface area (Å²) in [7, 11) is 1.73. The van der Waals surface area contributed by atoms with Gasteiger partial charge in [0.15, 0.2) is 5.96 Å². The van der Waals surface area contributed by atoms with Crippen LogP contribution in [0.15, 0.2) is 29.3 Å². The number of carbonyl (C=O) groups is 2. The Morgan fingerprint density at radius 2 is 1.93 bits per heavy atom. The second-order valence-electron chi connectivity index (χ2n) is 8.35. The number of nitrogens with one attached hydrogen (secondary N) is 1. The number of fused-ring (bicyclic) bond motifs is 1. The second-order valence-corrected chi connectivity index (χ2v) is 8.35. The molecule has 2 aliphatic heterocycles.